The third-order valence-corrected chi connectivity index (χ3v) is 4.39. The molecule has 1 fully saturated rings. The summed E-state index contributed by atoms with van der Waals surface area (Å²) in [4.78, 5) is 27.0. The van der Waals surface area contributed by atoms with Crippen molar-refractivity contribution in [1.82, 2.24) is 9.80 Å². The molecule has 1 N–H and O–H groups in total. The number of benzene rings is 1. The van der Waals surface area contributed by atoms with Gasteiger partial charge in [-0.15, -0.1) is 0 Å². The van der Waals surface area contributed by atoms with Gasteiger partial charge in [0.2, 0.25) is 0 Å². The molecule has 1 aliphatic heterocycles. The summed E-state index contributed by atoms with van der Waals surface area (Å²) in [5.41, 5.74) is 0. The van der Waals surface area contributed by atoms with Crippen molar-refractivity contribution in [3.05, 3.63) is 28.2 Å². The summed E-state index contributed by atoms with van der Waals surface area (Å²) in [6, 6.07) is 3.86. The van der Waals surface area contributed by atoms with Gasteiger partial charge in [-0.25, -0.2) is 4.79 Å². The number of halogens is 2. The smallest absolute Gasteiger partial charge is 0.326 e. The van der Waals surface area contributed by atoms with Crippen LogP contribution in [-0.2, 0) is 9.59 Å². The van der Waals surface area contributed by atoms with Crippen molar-refractivity contribution in [2.45, 2.75) is 18.5 Å². The molecule has 126 valence electrons. The number of likely N-dealkylation sites (tertiary alicyclic amines) is 1. The maximum absolute atomic E-state index is 12.3. The molecular weight excluding hydrogens is 343 g/mol. The number of likely N-dealkylation sites (N-methyl/N-ethyl adjacent to an activating group) is 1. The number of hydrogen-bond donors (Lipinski definition) is 1. The lowest BCUT2D eigenvalue weighted by atomic mass is 10.1. The predicted molar refractivity (Wildman–Crippen MR) is 87.2 cm³/mol. The third kappa shape index (κ3) is 4.28. The highest BCUT2D eigenvalue weighted by atomic mass is 35.5. The first-order chi connectivity index (χ1) is 10.8. The lowest BCUT2D eigenvalue weighted by Gasteiger charge is -2.22. The van der Waals surface area contributed by atoms with Crippen molar-refractivity contribution in [2.75, 3.05) is 27.2 Å². The largest absolute Gasteiger partial charge is 0.482 e. The fourth-order valence-corrected chi connectivity index (χ4v) is 2.98. The maximum atomic E-state index is 12.3. The minimum Gasteiger partial charge on any atom is -0.482 e. The van der Waals surface area contributed by atoms with Gasteiger partial charge in [-0.05, 0) is 38.7 Å². The number of carbonyl (C=O) groups is 2. The van der Waals surface area contributed by atoms with Gasteiger partial charge in [0.25, 0.3) is 5.91 Å². The second-order valence-electron chi connectivity index (χ2n) is 5.62. The van der Waals surface area contributed by atoms with Gasteiger partial charge in [0.05, 0.1) is 5.02 Å². The van der Waals surface area contributed by atoms with Crippen molar-refractivity contribution in [3.63, 3.8) is 0 Å². The zero-order valence-electron chi connectivity index (χ0n) is 12.8. The van der Waals surface area contributed by atoms with Gasteiger partial charge < -0.3 is 19.6 Å². The number of aliphatic carboxylic acids is 1. The van der Waals surface area contributed by atoms with Crippen LogP contribution in [-0.4, -0.2) is 66.1 Å². The zero-order valence-corrected chi connectivity index (χ0v) is 14.3. The Morgan fingerprint density at radius 2 is 2.09 bits per heavy atom. The predicted octanol–water partition coefficient (Wildman–Crippen LogP) is 1.99. The zero-order chi connectivity index (χ0) is 17.1. The normalized spacial score (nSPS) is 20.8. The molecular formula is C15H18Cl2N2O4. The molecule has 1 aromatic carbocycles. The fraction of sp³-hybridized carbons (Fsp3) is 0.467. The van der Waals surface area contributed by atoms with Crippen LogP contribution in [0.3, 0.4) is 0 Å². The third-order valence-electron chi connectivity index (χ3n) is 3.86. The summed E-state index contributed by atoms with van der Waals surface area (Å²) in [5.74, 6) is -1.06. The molecule has 0 radical (unpaired) electrons. The van der Waals surface area contributed by atoms with Crippen LogP contribution in [0.5, 0.6) is 5.75 Å². The van der Waals surface area contributed by atoms with E-state index in [9.17, 15) is 14.7 Å². The summed E-state index contributed by atoms with van der Waals surface area (Å²) in [6.45, 7) is 0.0891. The molecule has 8 heteroatoms. The molecule has 0 bridgehead atoms. The Morgan fingerprint density at radius 1 is 1.39 bits per heavy atom. The van der Waals surface area contributed by atoms with Crippen molar-refractivity contribution >= 4 is 35.1 Å². The second-order valence-corrected chi connectivity index (χ2v) is 6.46. The SMILES string of the molecule is CN(C)[C@@H]1C[C@@H](C(=O)O)N(C(=O)COc2ccc(Cl)cc2Cl)C1. The minimum atomic E-state index is -1.01. The van der Waals surface area contributed by atoms with E-state index in [1.165, 1.54) is 11.0 Å². The first kappa shape index (κ1) is 17.8. The van der Waals surface area contributed by atoms with Crippen LogP contribution in [0.1, 0.15) is 6.42 Å². The van der Waals surface area contributed by atoms with E-state index in [0.717, 1.165) is 0 Å². The highest BCUT2D eigenvalue weighted by Gasteiger charge is 2.40. The van der Waals surface area contributed by atoms with Crippen LogP contribution in [0.4, 0.5) is 0 Å². The molecule has 1 heterocycles. The summed E-state index contributed by atoms with van der Waals surface area (Å²) in [7, 11) is 3.73. The van der Waals surface area contributed by atoms with Crippen molar-refractivity contribution in [2.24, 2.45) is 0 Å². The van der Waals surface area contributed by atoms with E-state index in [1.54, 1.807) is 12.1 Å². The molecule has 2 rings (SSSR count). The summed E-state index contributed by atoms with van der Waals surface area (Å²) >= 11 is 11.8. The van der Waals surface area contributed by atoms with Crippen LogP contribution < -0.4 is 4.74 Å². The molecule has 1 aliphatic rings. The topological polar surface area (TPSA) is 70.1 Å². The standard InChI is InChI=1S/C15H18Cl2N2O4/c1-18(2)10-6-12(15(21)22)19(7-10)14(20)8-23-13-4-3-9(16)5-11(13)17/h3-5,10,12H,6-8H2,1-2H3,(H,21,22)/t10-,12+/m1/s1. The number of nitrogens with zero attached hydrogens (tertiary/aromatic N) is 2. The molecule has 0 aliphatic carbocycles. The number of carboxylic acids is 1. The second kappa shape index (κ2) is 7.38. The van der Waals surface area contributed by atoms with E-state index in [-0.39, 0.29) is 18.6 Å². The van der Waals surface area contributed by atoms with E-state index in [0.29, 0.717) is 28.8 Å². The van der Waals surface area contributed by atoms with Crippen molar-refractivity contribution in [3.8, 4) is 5.75 Å². The molecule has 2 atom stereocenters. The van der Waals surface area contributed by atoms with E-state index in [2.05, 4.69) is 0 Å². The molecule has 1 aromatic rings. The Balaban J connectivity index is 2.02. The molecule has 0 aromatic heterocycles. The van der Waals surface area contributed by atoms with Crippen LogP contribution >= 0.6 is 23.2 Å². The molecule has 0 saturated carbocycles. The van der Waals surface area contributed by atoms with Crippen LogP contribution in [0.15, 0.2) is 18.2 Å². The van der Waals surface area contributed by atoms with E-state index in [1.807, 2.05) is 19.0 Å². The summed E-state index contributed by atoms with van der Waals surface area (Å²) in [6.07, 6.45) is 0.399. The van der Waals surface area contributed by atoms with Crippen LogP contribution in [0.25, 0.3) is 0 Å². The van der Waals surface area contributed by atoms with Gasteiger partial charge >= 0.3 is 5.97 Å². The van der Waals surface area contributed by atoms with Gasteiger partial charge in [-0.3, -0.25) is 4.79 Å². The average molecular weight is 361 g/mol. The van der Waals surface area contributed by atoms with Gasteiger partial charge in [0, 0.05) is 17.6 Å². The Kier molecular flexibility index (Phi) is 5.73. The number of rotatable bonds is 5. The molecule has 6 nitrogen and oxygen atoms in total. The number of amides is 1. The molecule has 1 saturated heterocycles. The Hall–Kier alpha value is -1.50. The van der Waals surface area contributed by atoms with E-state index < -0.39 is 12.0 Å². The van der Waals surface area contributed by atoms with Gasteiger partial charge in [0.15, 0.2) is 6.61 Å². The number of carboxylic acid groups (broad SMARTS) is 1. The van der Waals surface area contributed by atoms with Crippen LogP contribution in [0, 0.1) is 0 Å². The molecule has 0 unspecified atom stereocenters. The monoisotopic (exact) mass is 360 g/mol. The quantitative estimate of drug-likeness (QED) is 0.869. The minimum absolute atomic E-state index is 0.0131. The lowest BCUT2D eigenvalue weighted by molar-refractivity contribution is -0.148. The van der Waals surface area contributed by atoms with Crippen molar-refractivity contribution in [1.29, 1.82) is 0 Å². The molecule has 23 heavy (non-hydrogen) atoms. The van der Waals surface area contributed by atoms with Gasteiger partial charge in [-0.1, -0.05) is 23.2 Å². The fourth-order valence-electron chi connectivity index (χ4n) is 2.51. The van der Waals surface area contributed by atoms with E-state index >= 15 is 0 Å². The summed E-state index contributed by atoms with van der Waals surface area (Å²) < 4.78 is 5.40. The highest BCUT2D eigenvalue weighted by molar-refractivity contribution is 6.35. The van der Waals surface area contributed by atoms with E-state index in [4.69, 9.17) is 27.9 Å². The van der Waals surface area contributed by atoms with Gasteiger partial charge in [-0.2, -0.15) is 0 Å². The Bertz CT molecular complexity index is 609. The first-order valence-electron chi connectivity index (χ1n) is 7.06. The number of carbonyl (C=O) groups excluding carboxylic acids is 1. The molecule has 1 amide bonds. The Morgan fingerprint density at radius 3 is 2.65 bits per heavy atom. The first-order valence-corrected chi connectivity index (χ1v) is 7.81. The number of ether oxygens (including phenoxy) is 1. The van der Waals surface area contributed by atoms with Crippen molar-refractivity contribution < 1.29 is 19.4 Å². The maximum Gasteiger partial charge on any atom is 0.326 e. The average Bonchev–Trinajstić information content (AvgIpc) is 2.91. The lowest BCUT2D eigenvalue weighted by Crippen LogP contribution is -2.43. The number of hydrogen-bond acceptors (Lipinski definition) is 4. The Labute approximate surface area is 144 Å². The molecule has 0 spiro atoms. The van der Waals surface area contributed by atoms with Gasteiger partial charge in [0.1, 0.15) is 11.8 Å². The highest BCUT2D eigenvalue weighted by Crippen LogP contribution is 2.28. The van der Waals surface area contributed by atoms with Crippen LogP contribution in [0.2, 0.25) is 10.0 Å². The summed E-state index contributed by atoms with van der Waals surface area (Å²) in [5, 5.41) is 10.1.